The first-order valence-corrected chi connectivity index (χ1v) is 12.3. The molecule has 0 aliphatic carbocycles. The molecule has 2 aliphatic heterocycles. The number of benzene rings is 3. The maximum absolute atomic E-state index is 13.3. The van der Waals surface area contributed by atoms with Crippen molar-refractivity contribution < 1.29 is 23.9 Å². The largest absolute Gasteiger partial charge is 0.495 e. The lowest BCUT2D eigenvalue weighted by Gasteiger charge is -2.36. The van der Waals surface area contributed by atoms with E-state index in [1.54, 1.807) is 36.3 Å². The van der Waals surface area contributed by atoms with E-state index in [9.17, 15) is 14.4 Å². The summed E-state index contributed by atoms with van der Waals surface area (Å²) in [5.41, 5.74) is 3.52. The Morgan fingerprint density at radius 3 is 2.43 bits per heavy atom. The summed E-state index contributed by atoms with van der Waals surface area (Å²) >= 11 is 0. The van der Waals surface area contributed by atoms with E-state index in [1.807, 2.05) is 47.4 Å². The zero-order valence-electron chi connectivity index (χ0n) is 21.0. The van der Waals surface area contributed by atoms with Gasteiger partial charge in [-0.15, -0.1) is 0 Å². The second-order valence-electron chi connectivity index (χ2n) is 9.16. The van der Waals surface area contributed by atoms with Crippen LogP contribution in [0.3, 0.4) is 0 Å². The van der Waals surface area contributed by atoms with Crippen LogP contribution in [0.15, 0.2) is 66.7 Å². The number of methoxy groups -OCH3 is 1. The van der Waals surface area contributed by atoms with Crippen LogP contribution in [0.5, 0.6) is 11.5 Å². The number of Topliss-reactive ketones (excluding diaryl/α,β-unsaturated/α-hetero) is 1. The van der Waals surface area contributed by atoms with Crippen LogP contribution in [0.25, 0.3) is 0 Å². The number of fused-ring (bicyclic) bond motifs is 1. The number of hydrogen-bond donors (Lipinski definition) is 0. The normalized spacial score (nSPS) is 15.2. The number of hydrogen-bond acceptors (Lipinski definition) is 6. The monoisotopic (exact) mass is 499 g/mol. The van der Waals surface area contributed by atoms with E-state index in [2.05, 4.69) is 4.90 Å². The van der Waals surface area contributed by atoms with Crippen molar-refractivity contribution >= 4 is 29.0 Å². The van der Waals surface area contributed by atoms with E-state index in [-0.39, 0.29) is 30.7 Å². The lowest BCUT2D eigenvalue weighted by Crippen LogP contribution is -2.48. The second kappa shape index (κ2) is 10.3. The molecule has 0 unspecified atom stereocenters. The Kier molecular flexibility index (Phi) is 6.81. The molecule has 0 saturated carbocycles. The molecule has 2 aliphatic rings. The summed E-state index contributed by atoms with van der Waals surface area (Å²) in [6, 6.07) is 20.4. The summed E-state index contributed by atoms with van der Waals surface area (Å²) < 4.78 is 11.1. The third-order valence-corrected chi connectivity index (χ3v) is 6.82. The van der Waals surface area contributed by atoms with Crippen molar-refractivity contribution in [2.45, 2.75) is 13.5 Å². The molecule has 5 rings (SSSR count). The van der Waals surface area contributed by atoms with E-state index >= 15 is 0 Å². The van der Waals surface area contributed by atoms with Gasteiger partial charge in [-0.1, -0.05) is 24.3 Å². The van der Waals surface area contributed by atoms with Crippen LogP contribution in [0.4, 0.5) is 11.4 Å². The highest BCUT2D eigenvalue weighted by Crippen LogP contribution is 2.34. The number of ether oxygens (including phenoxy) is 2. The first-order valence-electron chi connectivity index (χ1n) is 12.3. The molecule has 0 bridgehead atoms. The Hall–Kier alpha value is -4.33. The molecule has 8 nitrogen and oxygen atoms in total. The van der Waals surface area contributed by atoms with Gasteiger partial charge in [0.15, 0.2) is 12.4 Å². The van der Waals surface area contributed by atoms with E-state index in [0.717, 1.165) is 17.0 Å². The highest BCUT2D eigenvalue weighted by molar-refractivity contribution is 6.01. The zero-order valence-corrected chi connectivity index (χ0v) is 21.0. The predicted molar refractivity (Wildman–Crippen MR) is 141 cm³/mol. The van der Waals surface area contributed by atoms with Gasteiger partial charge in [-0.25, -0.2) is 0 Å². The summed E-state index contributed by atoms with van der Waals surface area (Å²) in [4.78, 5) is 43.7. The molecule has 1 fully saturated rings. The van der Waals surface area contributed by atoms with Gasteiger partial charge in [0.1, 0.15) is 11.5 Å². The molecular formula is C29H29N3O5. The zero-order chi connectivity index (χ0) is 25.9. The number of anilines is 2. The molecular weight excluding hydrogens is 470 g/mol. The summed E-state index contributed by atoms with van der Waals surface area (Å²) in [6.07, 6.45) is 0. The van der Waals surface area contributed by atoms with Crippen molar-refractivity contribution in [3.63, 3.8) is 0 Å². The average molecular weight is 500 g/mol. The summed E-state index contributed by atoms with van der Waals surface area (Å²) in [6.45, 7) is 4.32. The van der Waals surface area contributed by atoms with Crippen LogP contribution in [0.1, 0.15) is 33.2 Å². The highest BCUT2D eigenvalue weighted by Gasteiger charge is 2.28. The molecule has 8 heteroatoms. The number of para-hydroxylation sites is 2. The van der Waals surface area contributed by atoms with Gasteiger partial charge in [0.2, 0.25) is 0 Å². The molecule has 0 radical (unpaired) electrons. The number of nitrogens with zero attached hydrogens (tertiary/aromatic N) is 3. The minimum atomic E-state index is -0.197. The molecule has 0 N–H and O–H groups in total. The summed E-state index contributed by atoms with van der Waals surface area (Å²) in [5.74, 6) is 1.07. The molecule has 0 aromatic heterocycles. The van der Waals surface area contributed by atoms with Crippen molar-refractivity contribution in [1.82, 2.24) is 4.90 Å². The maximum atomic E-state index is 13.3. The molecule has 1 saturated heterocycles. The molecule has 3 aromatic rings. The maximum Gasteiger partial charge on any atom is 0.265 e. The quantitative estimate of drug-likeness (QED) is 0.481. The Morgan fingerprint density at radius 1 is 0.892 bits per heavy atom. The fourth-order valence-electron chi connectivity index (χ4n) is 4.80. The Labute approximate surface area is 216 Å². The lowest BCUT2D eigenvalue weighted by atomic mass is 10.1. The van der Waals surface area contributed by atoms with Crippen molar-refractivity contribution in [3.05, 3.63) is 83.4 Å². The number of piperazine rings is 1. The first-order chi connectivity index (χ1) is 17.9. The van der Waals surface area contributed by atoms with Gasteiger partial charge in [-0.3, -0.25) is 14.4 Å². The fourth-order valence-corrected chi connectivity index (χ4v) is 4.80. The Bertz CT molecular complexity index is 1350. The van der Waals surface area contributed by atoms with Crippen molar-refractivity contribution in [2.24, 2.45) is 0 Å². The SMILES string of the molecule is COc1ccccc1N1CCN(C(=O)c2cccc(CN3C(=O)COc4ccc(C(C)=O)cc43)c2)CC1. The van der Waals surface area contributed by atoms with Gasteiger partial charge in [0.05, 0.1) is 25.0 Å². The lowest BCUT2D eigenvalue weighted by molar-refractivity contribution is -0.121. The van der Waals surface area contributed by atoms with Crippen LogP contribution in [0.2, 0.25) is 0 Å². The Morgan fingerprint density at radius 2 is 1.68 bits per heavy atom. The third kappa shape index (κ3) is 5.00. The molecule has 0 spiro atoms. The predicted octanol–water partition coefficient (Wildman–Crippen LogP) is 3.79. The van der Waals surface area contributed by atoms with Crippen LogP contribution in [-0.2, 0) is 11.3 Å². The van der Waals surface area contributed by atoms with E-state index in [0.29, 0.717) is 48.7 Å². The van der Waals surface area contributed by atoms with Crippen LogP contribution < -0.4 is 19.3 Å². The number of carbonyl (C=O) groups is 3. The molecule has 2 heterocycles. The third-order valence-electron chi connectivity index (χ3n) is 6.82. The number of ketones is 1. The molecule has 37 heavy (non-hydrogen) atoms. The smallest absolute Gasteiger partial charge is 0.265 e. The van der Waals surface area contributed by atoms with Gasteiger partial charge in [-0.2, -0.15) is 0 Å². The van der Waals surface area contributed by atoms with E-state index < -0.39 is 0 Å². The van der Waals surface area contributed by atoms with Gasteiger partial charge in [0.25, 0.3) is 11.8 Å². The van der Waals surface area contributed by atoms with E-state index in [1.165, 1.54) is 6.92 Å². The summed E-state index contributed by atoms with van der Waals surface area (Å²) in [5, 5.41) is 0. The molecule has 2 amide bonds. The van der Waals surface area contributed by atoms with Crippen molar-refractivity contribution in [3.8, 4) is 11.5 Å². The highest BCUT2D eigenvalue weighted by atomic mass is 16.5. The van der Waals surface area contributed by atoms with Crippen LogP contribution in [-0.4, -0.2) is 62.4 Å². The van der Waals surface area contributed by atoms with Crippen molar-refractivity contribution in [1.29, 1.82) is 0 Å². The Balaban J connectivity index is 1.30. The van der Waals surface area contributed by atoms with E-state index in [4.69, 9.17) is 9.47 Å². The molecule has 190 valence electrons. The molecule has 0 atom stereocenters. The standard InChI is InChI=1S/C29H29N3O5/c1-20(33)22-10-11-27-25(17-22)32(28(34)19-37-27)18-21-6-5-7-23(16-21)29(35)31-14-12-30(13-15-31)24-8-3-4-9-26(24)36-2/h3-11,16-17H,12-15,18-19H2,1-2H3. The van der Waals surface area contributed by atoms with Gasteiger partial charge in [0, 0.05) is 37.3 Å². The average Bonchev–Trinajstić information content (AvgIpc) is 2.94. The van der Waals surface area contributed by atoms with Crippen LogP contribution >= 0.6 is 0 Å². The minimum Gasteiger partial charge on any atom is -0.495 e. The second-order valence-corrected chi connectivity index (χ2v) is 9.16. The minimum absolute atomic E-state index is 0.0332. The fraction of sp³-hybridized carbons (Fsp3) is 0.276. The van der Waals surface area contributed by atoms with Crippen LogP contribution in [0, 0.1) is 0 Å². The van der Waals surface area contributed by atoms with Crippen molar-refractivity contribution in [2.75, 3.05) is 49.7 Å². The van der Waals surface area contributed by atoms with Gasteiger partial charge < -0.3 is 24.2 Å². The number of rotatable bonds is 6. The first kappa shape index (κ1) is 24.4. The number of amides is 2. The topological polar surface area (TPSA) is 79.4 Å². The van der Waals surface area contributed by atoms with Gasteiger partial charge >= 0.3 is 0 Å². The molecule has 3 aromatic carbocycles. The number of carbonyl (C=O) groups excluding carboxylic acids is 3. The van der Waals surface area contributed by atoms with Gasteiger partial charge in [-0.05, 0) is 55.0 Å². The summed E-state index contributed by atoms with van der Waals surface area (Å²) in [7, 11) is 1.66.